The highest BCUT2D eigenvalue weighted by molar-refractivity contribution is 8.00. The Morgan fingerprint density at radius 2 is 2.18 bits per heavy atom. The van der Waals surface area contributed by atoms with Crippen LogP contribution in [0.5, 0.6) is 0 Å². The van der Waals surface area contributed by atoms with Gasteiger partial charge in [0.25, 0.3) is 0 Å². The molecule has 112 valence electrons. The van der Waals surface area contributed by atoms with E-state index >= 15 is 0 Å². The van der Waals surface area contributed by atoms with Gasteiger partial charge < -0.3 is 5.32 Å². The molecule has 3 rings (SSSR count). The zero-order valence-corrected chi connectivity index (χ0v) is 13.5. The molecule has 0 bridgehead atoms. The number of halogens is 1. The number of thiazole rings is 1. The molecule has 0 radical (unpaired) electrons. The maximum Gasteiger partial charge on any atom is 0.234 e. The van der Waals surface area contributed by atoms with Crippen molar-refractivity contribution in [2.24, 2.45) is 0 Å². The number of carbonyl (C=O) groups is 2. The Morgan fingerprint density at radius 3 is 2.91 bits per heavy atom. The number of hydrogen-bond donors (Lipinski definition) is 1. The second kappa shape index (κ2) is 6.51. The van der Waals surface area contributed by atoms with Crippen LogP contribution in [0.4, 0.5) is 5.69 Å². The monoisotopic (exact) mass is 351 g/mol. The number of nitrogens with zero attached hydrogens (tertiary/aromatic N) is 2. The van der Waals surface area contributed by atoms with E-state index in [1.54, 1.807) is 34.9 Å². The molecule has 0 aliphatic rings. The molecule has 1 amide bonds. The molecule has 8 heteroatoms. The fraction of sp³-hybridized carbons (Fsp3) is 0.0714. The van der Waals surface area contributed by atoms with Gasteiger partial charge in [-0.1, -0.05) is 23.4 Å². The highest BCUT2D eigenvalue weighted by Crippen LogP contribution is 2.25. The molecule has 5 nitrogen and oxygen atoms in total. The molecule has 0 saturated heterocycles. The largest absolute Gasteiger partial charge is 0.325 e. The molecule has 0 spiro atoms. The number of rotatable bonds is 5. The first-order chi connectivity index (χ1) is 10.7. The van der Waals surface area contributed by atoms with Crippen LogP contribution in [0, 0.1) is 0 Å². The highest BCUT2D eigenvalue weighted by Gasteiger charge is 2.14. The normalized spacial score (nSPS) is 10.8. The summed E-state index contributed by atoms with van der Waals surface area (Å²) in [5, 5.41) is 5.80. The van der Waals surface area contributed by atoms with Crippen LogP contribution in [-0.4, -0.2) is 27.3 Å². The molecule has 0 saturated carbocycles. The number of fused-ring (bicyclic) bond motifs is 1. The van der Waals surface area contributed by atoms with Crippen LogP contribution in [0.2, 0.25) is 5.02 Å². The first-order valence-electron chi connectivity index (χ1n) is 6.26. The van der Waals surface area contributed by atoms with Gasteiger partial charge in [-0.05, 0) is 24.3 Å². The third kappa shape index (κ3) is 3.16. The van der Waals surface area contributed by atoms with Gasteiger partial charge in [-0.3, -0.25) is 14.0 Å². The number of nitrogens with one attached hydrogen (secondary N) is 1. The average molecular weight is 352 g/mol. The molecule has 1 aromatic carbocycles. The number of amides is 1. The van der Waals surface area contributed by atoms with Gasteiger partial charge in [0, 0.05) is 22.3 Å². The summed E-state index contributed by atoms with van der Waals surface area (Å²) in [5.41, 5.74) is 1.15. The van der Waals surface area contributed by atoms with Crippen LogP contribution in [0.25, 0.3) is 4.96 Å². The summed E-state index contributed by atoms with van der Waals surface area (Å²) in [6, 6.07) is 6.87. The van der Waals surface area contributed by atoms with Crippen LogP contribution in [-0.2, 0) is 4.79 Å². The van der Waals surface area contributed by atoms with Crippen molar-refractivity contribution in [3.8, 4) is 0 Å². The third-order valence-electron chi connectivity index (χ3n) is 2.84. The zero-order valence-electron chi connectivity index (χ0n) is 11.2. The second-order valence-corrected chi connectivity index (χ2v) is 6.59. The number of thioether (sulfide) groups is 1. The molecule has 2 aromatic heterocycles. The smallest absolute Gasteiger partial charge is 0.234 e. The molecule has 2 heterocycles. The maximum absolute atomic E-state index is 11.9. The van der Waals surface area contributed by atoms with E-state index in [0.29, 0.717) is 21.4 Å². The molecule has 0 atom stereocenters. The number of benzene rings is 1. The number of aromatic nitrogens is 2. The van der Waals surface area contributed by atoms with Crippen LogP contribution < -0.4 is 5.32 Å². The van der Waals surface area contributed by atoms with Crippen molar-refractivity contribution in [1.82, 2.24) is 9.38 Å². The average Bonchev–Trinajstić information content (AvgIpc) is 3.07. The number of carbonyl (C=O) groups excluding carboxylic acids is 2. The van der Waals surface area contributed by atoms with Crippen molar-refractivity contribution in [2.75, 3.05) is 11.1 Å². The van der Waals surface area contributed by atoms with Crippen molar-refractivity contribution in [2.45, 2.75) is 5.03 Å². The fourth-order valence-electron chi connectivity index (χ4n) is 1.86. The Morgan fingerprint density at radius 1 is 1.41 bits per heavy atom. The fourth-order valence-corrected chi connectivity index (χ4v) is 3.55. The quantitative estimate of drug-likeness (QED) is 0.563. The lowest BCUT2D eigenvalue weighted by Gasteiger charge is -2.04. The number of anilines is 1. The summed E-state index contributed by atoms with van der Waals surface area (Å²) in [7, 11) is 0. The molecule has 0 unspecified atom stereocenters. The van der Waals surface area contributed by atoms with Crippen molar-refractivity contribution in [3.63, 3.8) is 0 Å². The van der Waals surface area contributed by atoms with Crippen LogP contribution in [0.1, 0.15) is 10.5 Å². The SMILES string of the molecule is O=Cc1c(SCC(=O)Nc2ccc(Cl)cc2)nc2sccn12. The van der Waals surface area contributed by atoms with E-state index in [1.807, 2.05) is 5.38 Å². The Balaban J connectivity index is 1.65. The van der Waals surface area contributed by atoms with Crippen LogP contribution >= 0.6 is 34.7 Å². The summed E-state index contributed by atoms with van der Waals surface area (Å²) in [6.45, 7) is 0. The standard InChI is InChI=1S/C14H10ClN3O2S2/c15-9-1-3-10(4-2-9)16-12(20)8-22-13-11(7-19)18-5-6-21-14(18)17-13/h1-7H,8H2,(H,16,20). The summed E-state index contributed by atoms with van der Waals surface area (Å²) in [4.78, 5) is 28.2. The van der Waals surface area contributed by atoms with Gasteiger partial charge in [0.1, 0.15) is 10.7 Å². The molecule has 1 N–H and O–H groups in total. The van der Waals surface area contributed by atoms with Crippen molar-refractivity contribution in [1.29, 1.82) is 0 Å². The first kappa shape index (κ1) is 15.1. The minimum atomic E-state index is -0.166. The van der Waals surface area contributed by atoms with E-state index in [1.165, 1.54) is 23.1 Å². The van der Waals surface area contributed by atoms with Gasteiger partial charge >= 0.3 is 0 Å². The van der Waals surface area contributed by atoms with Crippen molar-refractivity contribution >= 4 is 57.5 Å². The Labute approximate surface area is 139 Å². The zero-order chi connectivity index (χ0) is 15.5. The Hall–Kier alpha value is -1.83. The molecule has 0 fully saturated rings. The predicted octanol–water partition coefficient (Wildman–Crippen LogP) is 3.59. The molecule has 3 aromatic rings. The lowest BCUT2D eigenvalue weighted by molar-refractivity contribution is -0.113. The van der Waals surface area contributed by atoms with Gasteiger partial charge in [-0.15, -0.1) is 11.3 Å². The summed E-state index contributed by atoms with van der Waals surface area (Å²) in [6.07, 6.45) is 2.54. The van der Waals surface area contributed by atoms with E-state index in [2.05, 4.69) is 10.3 Å². The van der Waals surface area contributed by atoms with E-state index in [-0.39, 0.29) is 11.7 Å². The lowest BCUT2D eigenvalue weighted by Crippen LogP contribution is -2.14. The number of imidazole rings is 1. The van der Waals surface area contributed by atoms with Crippen molar-refractivity contribution in [3.05, 3.63) is 46.6 Å². The topological polar surface area (TPSA) is 63.5 Å². The maximum atomic E-state index is 11.9. The predicted molar refractivity (Wildman–Crippen MR) is 89.3 cm³/mol. The van der Waals surface area contributed by atoms with E-state index in [0.717, 1.165) is 11.2 Å². The van der Waals surface area contributed by atoms with Crippen LogP contribution in [0.15, 0.2) is 40.9 Å². The molecule has 0 aliphatic heterocycles. The number of aldehydes is 1. The van der Waals surface area contributed by atoms with Crippen LogP contribution in [0.3, 0.4) is 0 Å². The Bertz CT molecular complexity index is 826. The van der Waals surface area contributed by atoms with E-state index in [4.69, 9.17) is 11.6 Å². The van der Waals surface area contributed by atoms with E-state index < -0.39 is 0 Å². The molecular weight excluding hydrogens is 342 g/mol. The molecule has 0 aliphatic carbocycles. The minimum Gasteiger partial charge on any atom is -0.325 e. The van der Waals surface area contributed by atoms with Gasteiger partial charge in [0.05, 0.1) is 5.75 Å². The lowest BCUT2D eigenvalue weighted by atomic mass is 10.3. The van der Waals surface area contributed by atoms with Crippen molar-refractivity contribution < 1.29 is 9.59 Å². The second-order valence-electron chi connectivity index (χ2n) is 4.32. The van der Waals surface area contributed by atoms with Gasteiger partial charge in [-0.25, -0.2) is 4.98 Å². The number of hydrogen-bond acceptors (Lipinski definition) is 5. The summed E-state index contributed by atoms with van der Waals surface area (Å²) in [5.74, 6) is 0.00872. The van der Waals surface area contributed by atoms with Gasteiger partial charge in [-0.2, -0.15) is 0 Å². The first-order valence-corrected chi connectivity index (χ1v) is 8.50. The third-order valence-corrected chi connectivity index (χ3v) is 4.83. The van der Waals surface area contributed by atoms with Gasteiger partial charge in [0.15, 0.2) is 11.2 Å². The summed E-state index contributed by atoms with van der Waals surface area (Å²) >= 11 is 8.47. The van der Waals surface area contributed by atoms with E-state index in [9.17, 15) is 9.59 Å². The Kier molecular flexibility index (Phi) is 4.47. The molecule has 22 heavy (non-hydrogen) atoms. The summed E-state index contributed by atoms with van der Waals surface area (Å²) < 4.78 is 1.72. The molecular formula is C14H10ClN3O2S2. The van der Waals surface area contributed by atoms with Gasteiger partial charge in [0.2, 0.25) is 5.91 Å². The highest BCUT2D eigenvalue weighted by atomic mass is 35.5. The minimum absolute atomic E-state index is 0.166.